The average Bonchev–Trinajstić information content (AvgIpc) is 2.96. The highest BCUT2D eigenvalue weighted by Crippen LogP contribution is 2.28. The molecule has 1 aromatic rings. The van der Waals surface area contributed by atoms with Crippen LogP contribution < -0.4 is 5.32 Å². The molecule has 150 valence electrons. The molecule has 0 saturated carbocycles. The molecule has 3 rings (SSSR count). The molecular weight excluding hydrogens is 336 g/mol. The van der Waals surface area contributed by atoms with Crippen LogP contribution in [0.1, 0.15) is 45.2 Å². The summed E-state index contributed by atoms with van der Waals surface area (Å²) in [6.45, 7) is 14.9. The molecule has 5 heteroatoms. The highest BCUT2D eigenvalue weighted by atomic mass is 16.5. The van der Waals surface area contributed by atoms with Gasteiger partial charge in [-0.25, -0.2) is 0 Å². The van der Waals surface area contributed by atoms with E-state index in [0.29, 0.717) is 17.6 Å². The number of nitrogens with one attached hydrogen (secondary N) is 1. The molecule has 27 heavy (non-hydrogen) atoms. The minimum atomic E-state index is 0.302. The summed E-state index contributed by atoms with van der Waals surface area (Å²) in [5.41, 5.74) is 3.12. The van der Waals surface area contributed by atoms with Crippen molar-refractivity contribution in [3.8, 4) is 0 Å². The van der Waals surface area contributed by atoms with E-state index in [2.05, 4.69) is 72.1 Å². The third-order valence-electron chi connectivity index (χ3n) is 5.63. The van der Waals surface area contributed by atoms with Gasteiger partial charge in [-0.2, -0.15) is 0 Å². The molecule has 2 aliphatic rings. The Morgan fingerprint density at radius 1 is 1.19 bits per heavy atom. The van der Waals surface area contributed by atoms with Crippen molar-refractivity contribution in [3.05, 3.63) is 35.4 Å². The maximum absolute atomic E-state index is 5.88. The van der Waals surface area contributed by atoms with Gasteiger partial charge in [0.05, 0.1) is 12.2 Å². The molecule has 2 fully saturated rings. The highest BCUT2D eigenvalue weighted by Gasteiger charge is 2.31. The molecule has 0 radical (unpaired) electrons. The molecule has 1 aromatic carbocycles. The lowest BCUT2D eigenvalue weighted by molar-refractivity contribution is -0.0705. The second-order valence-electron chi connectivity index (χ2n) is 8.96. The predicted octanol–water partition coefficient (Wildman–Crippen LogP) is 3.10. The fourth-order valence-corrected chi connectivity index (χ4v) is 4.34. The summed E-state index contributed by atoms with van der Waals surface area (Å²) < 4.78 is 5.88. The number of hydrogen-bond donors (Lipinski definition) is 1. The maximum atomic E-state index is 5.88. The van der Waals surface area contributed by atoms with Crippen LogP contribution >= 0.6 is 0 Å². The molecule has 0 aliphatic carbocycles. The third kappa shape index (κ3) is 5.45. The van der Waals surface area contributed by atoms with E-state index in [1.807, 2.05) is 7.05 Å². The summed E-state index contributed by atoms with van der Waals surface area (Å²) in [6, 6.07) is 8.76. The molecule has 2 aliphatic heterocycles. The standard InChI is InChI=1S/C22H36N4O/c1-17-13-25(14-18(2)27-17)15-20-9-7-6-8-19(20)12-24-21(23-5)26-11-10-22(3,4)16-26/h6-9,17-18H,10-16H2,1-5H3,(H,23,24). The van der Waals surface area contributed by atoms with E-state index in [-0.39, 0.29) is 0 Å². The number of morpholine rings is 1. The van der Waals surface area contributed by atoms with E-state index in [9.17, 15) is 0 Å². The second kappa shape index (κ2) is 8.61. The number of likely N-dealkylation sites (tertiary alicyclic amines) is 1. The van der Waals surface area contributed by atoms with E-state index in [4.69, 9.17) is 4.74 Å². The number of ether oxygens (including phenoxy) is 1. The molecule has 2 heterocycles. The number of hydrogen-bond acceptors (Lipinski definition) is 3. The van der Waals surface area contributed by atoms with Crippen molar-refractivity contribution < 1.29 is 4.74 Å². The summed E-state index contributed by atoms with van der Waals surface area (Å²) in [7, 11) is 1.88. The quantitative estimate of drug-likeness (QED) is 0.651. The van der Waals surface area contributed by atoms with E-state index < -0.39 is 0 Å². The van der Waals surface area contributed by atoms with Gasteiger partial charge in [0, 0.05) is 46.3 Å². The van der Waals surface area contributed by atoms with Crippen LogP contribution in [0.15, 0.2) is 29.3 Å². The van der Waals surface area contributed by atoms with Gasteiger partial charge in [-0.1, -0.05) is 38.1 Å². The lowest BCUT2D eigenvalue weighted by atomic mass is 9.93. The Kier molecular flexibility index (Phi) is 6.43. The molecule has 5 nitrogen and oxygen atoms in total. The largest absolute Gasteiger partial charge is 0.373 e. The monoisotopic (exact) mass is 372 g/mol. The zero-order valence-electron chi connectivity index (χ0n) is 17.7. The van der Waals surface area contributed by atoms with E-state index in [0.717, 1.165) is 45.2 Å². The number of nitrogens with zero attached hydrogens (tertiary/aromatic N) is 3. The normalized spacial score (nSPS) is 26.4. The smallest absolute Gasteiger partial charge is 0.193 e. The van der Waals surface area contributed by atoms with Crippen LogP contribution in [0.3, 0.4) is 0 Å². The SMILES string of the molecule is CN=C(NCc1ccccc1CN1CC(C)OC(C)C1)N1CCC(C)(C)C1. The van der Waals surface area contributed by atoms with Gasteiger partial charge < -0.3 is 15.0 Å². The van der Waals surface area contributed by atoms with E-state index in [1.54, 1.807) is 0 Å². The first-order valence-electron chi connectivity index (χ1n) is 10.3. The average molecular weight is 373 g/mol. The van der Waals surface area contributed by atoms with Gasteiger partial charge in [0.25, 0.3) is 0 Å². The van der Waals surface area contributed by atoms with E-state index >= 15 is 0 Å². The van der Waals surface area contributed by atoms with Crippen molar-refractivity contribution in [1.29, 1.82) is 0 Å². The summed E-state index contributed by atoms with van der Waals surface area (Å²) in [5.74, 6) is 1.02. The lowest BCUT2D eigenvalue weighted by Crippen LogP contribution is -2.45. The Balaban J connectivity index is 1.62. The van der Waals surface area contributed by atoms with Crippen LogP contribution in [0.4, 0.5) is 0 Å². The second-order valence-corrected chi connectivity index (χ2v) is 8.96. The van der Waals surface area contributed by atoms with Gasteiger partial charge in [0.2, 0.25) is 0 Å². The first kappa shape index (κ1) is 20.2. The number of aliphatic imine (C=N–C) groups is 1. The van der Waals surface area contributed by atoms with E-state index in [1.165, 1.54) is 17.5 Å². The summed E-state index contributed by atoms with van der Waals surface area (Å²) >= 11 is 0. The van der Waals surface area contributed by atoms with Crippen molar-refractivity contribution in [2.45, 2.75) is 59.4 Å². The molecule has 0 amide bonds. The molecule has 1 N–H and O–H groups in total. The molecule has 0 aromatic heterocycles. The van der Waals surface area contributed by atoms with Crippen LogP contribution in [0.2, 0.25) is 0 Å². The Morgan fingerprint density at radius 3 is 2.44 bits per heavy atom. The fourth-order valence-electron chi connectivity index (χ4n) is 4.34. The first-order valence-corrected chi connectivity index (χ1v) is 10.3. The zero-order valence-corrected chi connectivity index (χ0v) is 17.7. The van der Waals surface area contributed by atoms with Gasteiger partial charge in [0.1, 0.15) is 0 Å². The number of guanidine groups is 1. The topological polar surface area (TPSA) is 40.1 Å². The molecule has 2 unspecified atom stereocenters. The lowest BCUT2D eigenvalue weighted by Gasteiger charge is -2.35. The number of benzene rings is 1. The van der Waals surface area contributed by atoms with Crippen LogP contribution in [0, 0.1) is 5.41 Å². The van der Waals surface area contributed by atoms with Crippen LogP contribution in [-0.2, 0) is 17.8 Å². The Morgan fingerprint density at radius 2 is 1.85 bits per heavy atom. The highest BCUT2D eigenvalue weighted by molar-refractivity contribution is 5.80. The van der Waals surface area contributed by atoms with Gasteiger partial charge in [-0.3, -0.25) is 9.89 Å². The van der Waals surface area contributed by atoms with Crippen molar-refractivity contribution in [3.63, 3.8) is 0 Å². The van der Waals surface area contributed by atoms with Crippen LogP contribution in [0.25, 0.3) is 0 Å². The molecule has 0 bridgehead atoms. The first-order chi connectivity index (χ1) is 12.9. The van der Waals surface area contributed by atoms with Crippen molar-refractivity contribution in [2.75, 3.05) is 33.2 Å². The predicted molar refractivity (Wildman–Crippen MR) is 112 cm³/mol. The molecule has 2 saturated heterocycles. The van der Waals surface area contributed by atoms with Gasteiger partial charge in [0.15, 0.2) is 5.96 Å². The van der Waals surface area contributed by atoms with Crippen molar-refractivity contribution in [2.24, 2.45) is 10.4 Å². The Labute approximate surface area is 164 Å². The molecule has 0 spiro atoms. The third-order valence-corrected chi connectivity index (χ3v) is 5.63. The van der Waals surface area contributed by atoms with Gasteiger partial charge in [-0.05, 0) is 36.8 Å². The number of rotatable bonds is 4. The minimum Gasteiger partial charge on any atom is -0.373 e. The van der Waals surface area contributed by atoms with Crippen molar-refractivity contribution >= 4 is 5.96 Å². The molecular formula is C22H36N4O. The van der Waals surface area contributed by atoms with Crippen LogP contribution in [0.5, 0.6) is 0 Å². The summed E-state index contributed by atoms with van der Waals surface area (Å²) in [5, 5.41) is 3.59. The Bertz CT molecular complexity index is 647. The molecule has 2 atom stereocenters. The maximum Gasteiger partial charge on any atom is 0.193 e. The van der Waals surface area contributed by atoms with Crippen LogP contribution in [-0.4, -0.2) is 61.2 Å². The fraction of sp³-hybridized carbons (Fsp3) is 0.682. The zero-order chi connectivity index (χ0) is 19.4. The van der Waals surface area contributed by atoms with Gasteiger partial charge >= 0.3 is 0 Å². The van der Waals surface area contributed by atoms with Gasteiger partial charge in [-0.15, -0.1) is 0 Å². The Hall–Kier alpha value is -1.59. The minimum absolute atomic E-state index is 0.302. The summed E-state index contributed by atoms with van der Waals surface area (Å²) in [6.07, 6.45) is 1.82. The summed E-state index contributed by atoms with van der Waals surface area (Å²) in [4.78, 5) is 9.41. The van der Waals surface area contributed by atoms with Crippen molar-refractivity contribution in [1.82, 2.24) is 15.1 Å².